The maximum atomic E-state index is 13.3. The SMILES string of the molecule is COc1ccc(S(=O)(=O)N2CCCCC2CCOCC(=O)NCC2CCC(C(c3cccs3)N(C)C)CC2)cc1. The first-order valence-corrected chi connectivity index (χ1v) is 16.8. The van der Waals surface area contributed by atoms with E-state index < -0.39 is 10.0 Å². The molecule has 0 radical (unpaired) electrons. The number of benzene rings is 1. The molecule has 10 heteroatoms. The fourth-order valence-electron chi connectivity index (χ4n) is 6.23. The number of methoxy groups -OCH3 is 1. The molecule has 1 aromatic heterocycles. The van der Waals surface area contributed by atoms with E-state index in [-0.39, 0.29) is 23.5 Å². The molecule has 2 aromatic rings. The third-order valence-corrected chi connectivity index (χ3v) is 11.3. The van der Waals surface area contributed by atoms with Gasteiger partial charge in [0.05, 0.1) is 12.0 Å². The molecule has 1 saturated heterocycles. The second-order valence-electron chi connectivity index (χ2n) is 11.3. The molecule has 1 aliphatic heterocycles. The van der Waals surface area contributed by atoms with Crippen LogP contribution in [-0.4, -0.2) is 77.1 Å². The molecule has 2 fully saturated rings. The summed E-state index contributed by atoms with van der Waals surface area (Å²) in [6, 6.07) is 11.3. The van der Waals surface area contributed by atoms with Gasteiger partial charge in [0.2, 0.25) is 15.9 Å². The van der Waals surface area contributed by atoms with Crippen LogP contribution in [0, 0.1) is 11.8 Å². The van der Waals surface area contributed by atoms with Gasteiger partial charge >= 0.3 is 0 Å². The van der Waals surface area contributed by atoms with Crippen molar-refractivity contribution in [2.24, 2.45) is 11.8 Å². The fourth-order valence-corrected chi connectivity index (χ4v) is 8.97. The number of rotatable bonds is 13. The van der Waals surface area contributed by atoms with Gasteiger partial charge in [0.25, 0.3) is 0 Å². The van der Waals surface area contributed by atoms with Crippen LogP contribution in [0.3, 0.4) is 0 Å². The Labute approximate surface area is 244 Å². The van der Waals surface area contributed by atoms with Gasteiger partial charge in [-0.3, -0.25) is 4.79 Å². The number of nitrogens with one attached hydrogen (secondary N) is 1. The van der Waals surface area contributed by atoms with Crippen molar-refractivity contribution < 1.29 is 22.7 Å². The van der Waals surface area contributed by atoms with Gasteiger partial charge < -0.3 is 19.7 Å². The molecular formula is C30H45N3O5S2. The number of ether oxygens (including phenoxy) is 2. The number of carbonyl (C=O) groups is 1. The lowest BCUT2D eigenvalue weighted by Crippen LogP contribution is -2.44. The van der Waals surface area contributed by atoms with E-state index in [9.17, 15) is 13.2 Å². The Bertz CT molecular complexity index is 1150. The monoisotopic (exact) mass is 591 g/mol. The molecule has 1 N–H and O–H groups in total. The summed E-state index contributed by atoms with van der Waals surface area (Å²) in [7, 11) is 2.30. The predicted molar refractivity (Wildman–Crippen MR) is 159 cm³/mol. The summed E-state index contributed by atoms with van der Waals surface area (Å²) in [4.78, 5) is 16.5. The van der Waals surface area contributed by atoms with E-state index in [1.54, 1.807) is 35.7 Å². The molecule has 0 bridgehead atoms. The molecule has 1 aromatic carbocycles. The van der Waals surface area contributed by atoms with Crippen LogP contribution in [0.2, 0.25) is 0 Å². The first kappa shape index (κ1) is 31.0. The standard InChI is InChI=1S/C30H45N3O5S2/c1-32(2)30(28-8-6-20-39-28)24-11-9-23(10-12-24)21-31-29(34)22-38-19-17-25-7-4-5-18-33(25)40(35,36)27-15-13-26(37-3)14-16-27/h6,8,13-16,20,23-25,30H,4-5,7,9-12,17-19,21-22H2,1-3H3,(H,31,34). The number of hydrogen-bond acceptors (Lipinski definition) is 7. The Kier molecular flexibility index (Phi) is 11.4. The second-order valence-corrected chi connectivity index (χ2v) is 14.2. The van der Waals surface area contributed by atoms with Crippen LogP contribution in [-0.2, 0) is 19.6 Å². The van der Waals surface area contributed by atoms with E-state index >= 15 is 0 Å². The molecule has 2 heterocycles. The van der Waals surface area contributed by atoms with Crippen molar-refractivity contribution >= 4 is 27.3 Å². The van der Waals surface area contributed by atoms with Crippen molar-refractivity contribution in [1.29, 1.82) is 0 Å². The molecule has 2 aliphatic rings. The van der Waals surface area contributed by atoms with Crippen molar-refractivity contribution in [3.8, 4) is 5.75 Å². The van der Waals surface area contributed by atoms with Crippen LogP contribution in [0.15, 0.2) is 46.7 Å². The first-order valence-electron chi connectivity index (χ1n) is 14.5. The van der Waals surface area contributed by atoms with Crippen LogP contribution < -0.4 is 10.1 Å². The van der Waals surface area contributed by atoms with Gasteiger partial charge in [-0.25, -0.2) is 8.42 Å². The lowest BCUT2D eigenvalue weighted by atomic mass is 9.77. The topological polar surface area (TPSA) is 88.2 Å². The summed E-state index contributed by atoms with van der Waals surface area (Å²) >= 11 is 1.84. The molecule has 222 valence electrons. The van der Waals surface area contributed by atoms with Gasteiger partial charge in [-0.2, -0.15) is 4.31 Å². The van der Waals surface area contributed by atoms with Crippen LogP contribution in [0.25, 0.3) is 0 Å². The summed E-state index contributed by atoms with van der Waals surface area (Å²) in [6.45, 7) is 1.56. The van der Waals surface area contributed by atoms with E-state index in [0.29, 0.717) is 49.7 Å². The molecule has 4 rings (SSSR count). The average Bonchev–Trinajstić information content (AvgIpc) is 3.49. The normalized spacial score (nSPS) is 23.1. The first-order chi connectivity index (χ1) is 19.3. The van der Waals surface area contributed by atoms with Crippen molar-refractivity contribution in [2.45, 2.75) is 68.3 Å². The van der Waals surface area contributed by atoms with Crippen molar-refractivity contribution in [3.63, 3.8) is 0 Å². The summed E-state index contributed by atoms with van der Waals surface area (Å²) in [5.74, 6) is 1.68. The molecule has 0 spiro atoms. The van der Waals surface area contributed by atoms with Gasteiger partial charge in [0.1, 0.15) is 12.4 Å². The highest BCUT2D eigenvalue weighted by Gasteiger charge is 2.33. The zero-order valence-corrected chi connectivity index (χ0v) is 25.7. The summed E-state index contributed by atoms with van der Waals surface area (Å²) < 4.78 is 39.1. The van der Waals surface area contributed by atoms with Gasteiger partial charge in [0, 0.05) is 36.7 Å². The molecule has 1 amide bonds. The average molecular weight is 592 g/mol. The third kappa shape index (κ3) is 8.06. The lowest BCUT2D eigenvalue weighted by Gasteiger charge is -2.37. The van der Waals surface area contributed by atoms with Crippen molar-refractivity contribution in [1.82, 2.24) is 14.5 Å². The van der Waals surface area contributed by atoms with Gasteiger partial charge in [-0.1, -0.05) is 12.5 Å². The second kappa shape index (κ2) is 14.8. The number of amides is 1. The minimum atomic E-state index is -3.60. The van der Waals surface area contributed by atoms with Gasteiger partial charge in [-0.15, -0.1) is 11.3 Å². The van der Waals surface area contributed by atoms with Crippen LogP contribution in [0.5, 0.6) is 5.75 Å². The molecule has 2 unspecified atom stereocenters. The van der Waals surface area contributed by atoms with E-state index in [1.165, 1.54) is 17.7 Å². The fraction of sp³-hybridized carbons (Fsp3) is 0.633. The largest absolute Gasteiger partial charge is 0.497 e. The number of hydrogen-bond donors (Lipinski definition) is 1. The van der Waals surface area contributed by atoms with Gasteiger partial charge in [-0.05, 0) is 107 Å². The smallest absolute Gasteiger partial charge is 0.246 e. The Morgan fingerprint density at radius 1 is 1.10 bits per heavy atom. The zero-order valence-electron chi connectivity index (χ0n) is 24.1. The summed E-state index contributed by atoms with van der Waals surface area (Å²) in [6.07, 6.45) is 7.82. The van der Waals surface area contributed by atoms with Crippen molar-refractivity contribution in [3.05, 3.63) is 46.7 Å². The molecule has 8 nitrogen and oxygen atoms in total. The number of piperidine rings is 1. The number of sulfonamides is 1. The molecular weight excluding hydrogens is 546 g/mol. The van der Waals surface area contributed by atoms with E-state index in [0.717, 1.165) is 32.1 Å². The number of thiophene rings is 1. The zero-order chi connectivity index (χ0) is 28.5. The highest BCUT2D eigenvalue weighted by atomic mass is 32.2. The van der Waals surface area contributed by atoms with E-state index in [1.807, 2.05) is 11.3 Å². The molecule has 1 aliphatic carbocycles. The third-order valence-electron chi connectivity index (χ3n) is 8.38. The Morgan fingerprint density at radius 3 is 2.50 bits per heavy atom. The van der Waals surface area contributed by atoms with Crippen LogP contribution in [0.1, 0.15) is 62.3 Å². The molecule has 40 heavy (non-hydrogen) atoms. The highest BCUT2D eigenvalue weighted by Crippen LogP contribution is 2.40. The maximum Gasteiger partial charge on any atom is 0.246 e. The Morgan fingerprint density at radius 2 is 1.85 bits per heavy atom. The molecule has 2 atom stereocenters. The number of nitrogens with zero attached hydrogens (tertiary/aromatic N) is 2. The summed E-state index contributed by atoms with van der Waals surface area (Å²) in [5, 5.41) is 5.22. The lowest BCUT2D eigenvalue weighted by molar-refractivity contribution is -0.126. The van der Waals surface area contributed by atoms with Crippen molar-refractivity contribution in [2.75, 3.05) is 47.5 Å². The Hall–Kier alpha value is -1.98. The molecule has 1 saturated carbocycles. The van der Waals surface area contributed by atoms with Gasteiger partial charge in [0.15, 0.2) is 0 Å². The summed E-state index contributed by atoms with van der Waals surface area (Å²) in [5.41, 5.74) is 0. The minimum absolute atomic E-state index is 0.00831. The predicted octanol–water partition coefficient (Wildman–Crippen LogP) is 4.93. The van der Waals surface area contributed by atoms with Crippen LogP contribution >= 0.6 is 11.3 Å². The van der Waals surface area contributed by atoms with E-state index in [2.05, 4.69) is 41.8 Å². The van der Waals surface area contributed by atoms with E-state index in [4.69, 9.17) is 9.47 Å². The highest BCUT2D eigenvalue weighted by molar-refractivity contribution is 7.89. The Balaban J connectivity index is 1.16. The maximum absolute atomic E-state index is 13.3. The minimum Gasteiger partial charge on any atom is -0.497 e. The van der Waals surface area contributed by atoms with Crippen LogP contribution in [0.4, 0.5) is 0 Å². The quantitative estimate of drug-likeness (QED) is 0.333. The number of carbonyl (C=O) groups excluding carboxylic acids is 1.